The lowest BCUT2D eigenvalue weighted by molar-refractivity contribution is -0.136. The third kappa shape index (κ3) is 8.87. The molecule has 0 saturated carbocycles. The molecule has 2 N–H and O–H groups in total. The van der Waals surface area contributed by atoms with E-state index in [-0.39, 0.29) is 72.0 Å². The van der Waals surface area contributed by atoms with Gasteiger partial charge in [-0.25, -0.2) is 4.98 Å². The van der Waals surface area contributed by atoms with Crippen molar-refractivity contribution < 1.29 is 38.2 Å². The van der Waals surface area contributed by atoms with Crippen LogP contribution in [0.1, 0.15) is 86.1 Å². The highest BCUT2D eigenvalue weighted by Crippen LogP contribution is 2.33. The van der Waals surface area contributed by atoms with E-state index in [0.29, 0.717) is 60.7 Å². The first-order valence-corrected chi connectivity index (χ1v) is 21.4. The Labute approximate surface area is 362 Å². The Balaban J connectivity index is 0.876. The van der Waals surface area contributed by atoms with E-state index < -0.39 is 29.7 Å². The zero-order valence-corrected chi connectivity index (χ0v) is 35.8. The van der Waals surface area contributed by atoms with E-state index in [1.165, 1.54) is 0 Å². The number of hydrogen-bond donors (Lipinski definition) is 2. The van der Waals surface area contributed by atoms with Gasteiger partial charge in [0, 0.05) is 62.6 Å². The molecule has 3 atom stereocenters. The number of ether oxygens (including phenoxy) is 3. The summed E-state index contributed by atoms with van der Waals surface area (Å²) in [6.45, 7) is 8.12. The Morgan fingerprint density at radius 1 is 0.952 bits per heavy atom. The van der Waals surface area contributed by atoms with Crippen LogP contribution in [0.2, 0.25) is 5.02 Å². The summed E-state index contributed by atoms with van der Waals surface area (Å²) in [5.74, 6) is -0.806. The Morgan fingerprint density at radius 3 is 2.45 bits per heavy atom. The van der Waals surface area contributed by atoms with Crippen molar-refractivity contribution >= 4 is 69.4 Å². The molecule has 18 heteroatoms. The zero-order valence-electron chi connectivity index (χ0n) is 35.0. The summed E-state index contributed by atoms with van der Waals surface area (Å²) in [6, 6.07) is 10.8. The largest absolute Gasteiger partial charge is 0.489 e. The molecule has 0 radical (unpaired) electrons. The number of rotatable bonds is 13. The van der Waals surface area contributed by atoms with E-state index in [4.69, 9.17) is 30.8 Å². The first-order valence-electron chi connectivity index (χ1n) is 21.0. The van der Waals surface area contributed by atoms with Crippen LogP contribution < -0.4 is 30.6 Å². The van der Waals surface area contributed by atoms with Gasteiger partial charge in [-0.05, 0) is 82.6 Å². The molecule has 0 bridgehead atoms. The van der Waals surface area contributed by atoms with Crippen molar-refractivity contribution in [1.82, 2.24) is 29.7 Å². The molecule has 4 aromatic rings. The Morgan fingerprint density at radius 2 is 1.71 bits per heavy atom. The third-order valence-corrected chi connectivity index (χ3v) is 12.0. The molecule has 4 aliphatic heterocycles. The van der Waals surface area contributed by atoms with Crippen LogP contribution in [0.15, 0.2) is 53.5 Å². The lowest BCUT2D eigenvalue weighted by Gasteiger charge is -2.39. The van der Waals surface area contributed by atoms with Gasteiger partial charge in [-0.2, -0.15) is 4.98 Å². The van der Waals surface area contributed by atoms with Crippen LogP contribution in [-0.4, -0.2) is 118 Å². The number of aromatic nitrogens is 3. The number of likely N-dealkylation sites (tertiary alicyclic amines) is 1. The van der Waals surface area contributed by atoms with Crippen LogP contribution in [0, 0.1) is 0 Å². The highest BCUT2D eigenvalue weighted by Gasteiger charge is 2.45. The number of carbonyl (C=O) groups is 5. The van der Waals surface area contributed by atoms with Gasteiger partial charge in [0.05, 0.1) is 35.0 Å². The molecule has 1 unspecified atom stereocenters. The number of nitrogens with zero attached hydrogens (tertiary/aromatic N) is 6. The minimum absolute atomic E-state index is 0.00462. The SMILES string of the molecule is CCC(=O)COc1cc2cc(Nc3nc(N4CCC(O[C@@H]5C[C@@H](Oc6ccc7c(c6)C(=O)N(C6CCC(=O)NC6=O)C7=O)CN(C)C5)CC4)ncc3Cl)ccc2n(C(C)C)c1=O. The molecule has 2 aromatic carbocycles. The van der Waals surface area contributed by atoms with Crippen molar-refractivity contribution in [1.29, 1.82) is 0 Å². The summed E-state index contributed by atoms with van der Waals surface area (Å²) < 4.78 is 20.3. The molecule has 326 valence electrons. The smallest absolute Gasteiger partial charge is 0.293 e. The summed E-state index contributed by atoms with van der Waals surface area (Å²) in [7, 11) is 2.01. The van der Waals surface area contributed by atoms with Crippen LogP contribution in [-0.2, 0) is 19.1 Å². The average Bonchev–Trinajstić information content (AvgIpc) is 3.48. The van der Waals surface area contributed by atoms with E-state index >= 15 is 0 Å². The fourth-order valence-electron chi connectivity index (χ4n) is 8.59. The number of amides is 4. The fourth-order valence-corrected chi connectivity index (χ4v) is 8.72. The number of Topliss-reactive ketones (excluding diaryl/α,β-unsaturated/α-hetero) is 1. The standard InChI is InChI=1S/C44H49ClN8O9/c1-5-27(54)23-60-37-17-25-16-26(6-9-35(25)52(24(2)3)43(37)59)47-39-34(45)20-46-44(49-39)51-14-12-28(13-15-51)61-30-18-31(22-50(4)21-30)62-29-7-8-32-33(19-29)42(58)53(41(32)57)36-10-11-38(55)48-40(36)56/h6-9,16-17,19-20,24,28,30-31,36H,5,10-15,18,21-23H2,1-4H3,(H,46,47,49)(H,48,55,56)/t30-,31-,36?/m1/s1. The molecular weight excluding hydrogens is 820 g/mol. The van der Waals surface area contributed by atoms with E-state index in [1.54, 1.807) is 42.0 Å². The Kier molecular flexibility index (Phi) is 12.3. The molecule has 3 saturated heterocycles. The predicted molar refractivity (Wildman–Crippen MR) is 229 cm³/mol. The van der Waals surface area contributed by atoms with Crippen LogP contribution >= 0.6 is 11.6 Å². The number of piperidine rings is 3. The maximum atomic E-state index is 13.4. The van der Waals surface area contributed by atoms with Gasteiger partial charge in [0.2, 0.25) is 17.8 Å². The van der Waals surface area contributed by atoms with Gasteiger partial charge in [0.15, 0.2) is 17.4 Å². The number of fused-ring (bicyclic) bond motifs is 2. The second-order valence-corrected chi connectivity index (χ2v) is 16.9. The second kappa shape index (κ2) is 17.8. The van der Waals surface area contributed by atoms with Gasteiger partial charge in [0.1, 0.15) is 29.5 Å². The number of benzene rings is 2. The summed E-state index contributed by atoms with van der Waals surface area (Å²) in [4.78, 5) is 90.4. The van der Waals surface area contributed by atoms with Crippen LogP contribution in [0.4, 0.5) is 17.5 Å². The summed E-state index contributed by atoms with van der Waals surface area (Å²) in [5.41, 5.74) is 1.49. The van der Waals surface area contributed by atoms with Crippen molar-refractivity contribution in [2.75, 3.05) is 50.1 Å². The lowest BCUT2D eigenvalue weighted by Crippen LogP contribution is -2.54. The highest BCUT2D eigenvalue weighted by molar-refractivity contribution is 6.33. The maximum absolute atomic E-state index is 13.4. The quantitative estimate of drug-likeness (QED) is 0.176. The first-order chi connectivity index (χ1) is 29.8. The fraction of sp³-hybridized carbons (Fsp3) is 0.455. The number of ketones is 1. The molecule has 0 aliphatic carbocycles. The van der Waals surface area contributed by atoms with E-state index in [9.17, 15) is 28.8 Å². The predicted octanol–water partition coefficient (Wildman–Crippen LogP) is 4.67. The molecule has 4 aliphatic rings. The molecule has 8 rings (SSSR count). The van der Waals surface area contributed by atoms with Crippen LogP contribution in [0.25, 0.3) is 10.9 Å². The molecule has 0 spiro atoms. The number of halogens is 1. The van der Waals surface area contributed by atoms with Crippen molar-refractivity contribution in [2.24, 2.45) is 0 Å². The van der Waals surface area contributed by atoms with Crippen molar-refractivity contribution in [3.05, 3.63) is 75.2 Å². The van der Waals surface area contributed by atoms with Crippen molar-refractivity contribution in [2.45, 2.75) is 89.7 Å². The number of likely N-dealkylation sites (N-methyl/N-ethyl adjacent to an activating group) is 1. The highest BCUT2D eigenvalue weighted by atomic mass is 35.5. The van der Waals surface area contributed by atoms with Gasteiger partial charge in [-0.15, -0.1) is 0 Å². The third-order valence-electron chi connectivity index (χ3n) is 11.7. The number of imide groups is 2. The normalized spacial score (nSPS) is 21.1. The summed E-state index contributed by atoms with van der Waals surface area (Å²) >= 11 is 6.60. The minimum atomic E-state index is -1.04. The van der Waals surface area contributed by atoms with Gasteiger partial charge >= 0.3 is 0 Å². The van der Waals surface area contributed by atoms with Crippen LogP contribution in [0.3, 0.4) is 0 Å². The minimum Gasteiger partial charge on any atom is -0.489 e. The van der Waals surface area contributed by atoms with E-state index in [0.717, 1.165) is 35.2 Å². The van der Waals surface area contributed by atoms with Crippen LogP contribution in [0.5, 0.6) is 11.5 Å². The maximum Gasteiger partial charge on any atom is 0.293 e. The lowest BCUT2D eigenvalue weighted by atomic mass is 10.0. The monoisotopic (exact) mass is 868 g/mol. The molecule has 6 heterocycles. The van der Waals surface area contributed by atoms with Gasteiger partial charge in [-0.1, -0.05) is 18.5 Å². The topological polar surface area (TPSA) is 195 Å². The second-order valence-electron chi connectivity index (χ2n) is 16.5. The number of nitrogens with one attached hydrogen (secondary N) is 2. The van der Waals surface area contributed by atoms with Crippen molar-refractivity contribution in [3.8, 4) is 11.5 Å². The summed E-state index contributed by atoms with van der Waals surface area (Å²) in [5, 5.41) is 6.62. The number of anilines is 3. The molecule has 3 fully saturated rings. The summed E-state index contributed by atoms with van der Waals surface area (Å²) in [6.07, 6.45) is 3.83. The van der Waals surface area contributed by atoms with E-state index in [1.807, 2.05) is 39.1 Å². The van der Waals surface area contributed by atoms with Gasteiger partial charge in [0.25, 0.3) is 17.4 Å². The zero-order chi connectivity index (χ0) is 43.8. The molecular formula is C44H49ClN8O9. The molecule has 62 heavy (non-hydrogen) atoms. The Hall–Kier alpha value is -5.91. The molecule has 17 nitrogen and oxygen atoms in total. The van der Waals surface area contributed by atoms with Gasteiger partial charge < -0.3 is 33.9 Å². The average molecular weight is 869 g/mol. The first kappa shape index (κ1) is 42.8. The van der Waals surface area contributed by atoms with Gasteiger partial charge in [-0.3, -0.25) is 39.0 Å². The Bertz CT molecular complexity index is 2500. The van der Waals surface area contributed by atoms with E-state index in [2.05, 4.69) is 25.4 Å². The van der Waals surface area contributed by atoms with Crippen molar-refractivity contribution in [3.63, 3.8) is 0 Å². The molecule has 4 amide bonds. The number of hydrogen-bond acceptors (Lipinski definition) is 14. The number of carbonyl (C=O) groups excluding carboxylic acids is 5. The number of pyridine rings is 1. The molecule has 2 aromatic heterocycles.